The predicted octanol–water partition coefficient (Wildman–Crippen LogP) is -0.451. The molecule has 1 atom stereocenters. The highest BCUT2D eigenvalue weighted by atomic mass is 16.1. The summed E-state index contributed by atoms with van der Waals surface area (Å²) in [5.74, 6) is 0.169. The van der Waals surface area contributed by atoms with Crippen LogP contribution in [0.2, 0.25) is 5.82 Å². The molecule has 0 fully saturated rings. The van der Waals surface area contributed by atoms with E-state index < -0.39 is 0 Å². The zero-order valence-electron chi connectivity index (χ0n) is 5.64. The largest absolute Gasteiger partial charge is 0.370 e. The lowest BCUT2D eigenvalue weighted by Gasteiger charge is -2.09. The van der Waals surface area contributed by atoms with E-state index >= 15 is 0 Å². The van der Waals surface area contributed by atoms with Crippen molar-refractivity contribution in [2.24, 2.45) is 11.7 Å². The second-order valence-corrected chi connectivity index (χ2v) is 2.44. The topological polar surface area (TPSA) is 43.1 Å². The fourth-order valence-electron chi connectivity index (χ4n) is 0.329. The summed E-state index contributed by atoms with van der Waals surface area (Å²) in [4.78, 5) is 10.4. The van der Waals surface area contributed by atoms with Gasteiger partial charge in [-0.3, -0.25) is 4.79 Å². The van der Waals surface area contributed by atoms with Gasteiger partial charge in [0.1, 0.15) is 7.85 Å². The van der Waals surface area contributed by atoms with Gasteiger partial charge in [0.25, 0.3) is 0 Å². The maximum atomic E-state index is 10.4. The second-order valence-electron chi connectivity index (χ2n) is 2.44. The number of rotatable bonds is 2. The van der Waals surface area contributed by atoms with Crippen LogP contribution in [-0.4, -0.2) is 13.8 Å². The number of carbonyl (C=O) groups is 1. The first-order valence-corrected chi connectivity index (χ1v) is 2.85. The molecule has 0 aliphatic carbocycles. The van der Waals surface area contributed by atoms with Gasteiger partial charge in [-0.1, -0.05) is 13.8 Å². The Bertz CT molecular complexity index is 92.4. The predicted molar refractivity (Wildman–Crippen MR) is 36.3 cm³/mol. The molecular formula is C5H12BNO. The van der Waals surface area contributed by atoms with Crippen molar-refractivity contribution in [3.8, 4) is 0 Å². The van der Waals surface area contributed by atoms with Crippen molar-refractivity contribution in [3.05, 3.63) is 0 Å². The lowest BCUT2D eigenvalue weighted by Crippen LogP contribution is -2.22. The monoisotopic (exact) mass is 113 g/mol. The lowest BCUT2D eigenvalue weighted by atomic mass is 9.78. The quantitative estimate of drug-likeness (QED) is 0.484. The third-order valence-corrected chi connectivity index (χ3v) is 1.45. The highest BCUT2D eigenvalue weighted by Crippen LogP contribution is 2.10. The zero-order valence-corrected chi connectivity index (χ0v) is 5.64. The number of nitrogens with two attached hydrogens (primary N) is 1. The van der Waals surface area contributed by atoms with Crippen molar-refractivity contribution < 1.29 is 4.79 Å². The highest BCUT2D eigenvalue weighted by Gasteiger charge is 2.11. The molecule has 0 rings (SSSR count). The molecule has 1 unspecified atom stereocenters. The van der Waals surface area contributed by atoms with Crippen LogP contribution in [0.25, 0.3) is 0 Å². The van der Waals surface area contributed by atoms with Gasteiger partial charge in [-0.25, -0.2) is 0 Å². The first kappa shape index (κ1) is 7.53. The minimum Gasteiger partial charge on any atom is -0.370 e. The molecule has 2 nitrogen and oxygen atoms in total. The number of carbonyl (C=O) groups excluding carboxylic acids is 1. The number of hydrogen-bond acceptors (Lipinski definition) is 1. The van der Waals surface area contributed by atoms with Crippen molar-refractivity contribution in [2.75, 3.05) is 0 Å². The van der Waals surface area contributed by atoms with Crippen LogP contribution in [0.4, 0.5) is 0 Å². The summed E-state index contributed by atoms with van der Waals surface area (Å²) >= 11 is 0. The minimum atomic E-state index is -0.208. The van der Waals surface area contributed by atoms with Gasteiger partial charge in [-0.15, -0.1) is 0 Å². The van der Waals surface area contributed by atoms with Crippen molar-refractivity contribution >= 4 is 13.8 Å². The van der Waals surface area contributed by atoms with Crippen LogP contribution in [0.3, 0.4) is 0 Å². The molecule has 0 aliphatic rings. The van der Waals surface area contributed by atoms with Gasteiger partial charge in [-0.2, -0.15) is 0 Å². The van der Waals surface area contributed by atoms with Crippen LogP contribution in [0.15, 0.2) is 0 Å². The molecule has 46 valence electrons. The average Bonchev–Trinajstić information content (AvgIpc) is 1.64. The van der Waals surface area contributed by atoms with Crippen molar-refractivity contribution in [1.29, 1.82) is 0 Å². The molecule has 0 heterocycles. The average molecular weight is 113 g/mol. The van der Waals surface area contributed by atoms with Gasteiger partial charge in [0.15, 0.2) is 0 Å². The Balaban J connectivity index is 3.64. The van der Waals surface area contributed by atoms with E-state index in [0.717, 1.165) is 0 Å². The molecule has 2 N–H and O–H groups in total. The summed E-state index contributed by atoms with van der Waals surface area (Å²) in [5, 5.41) is 0. The Kier molecular flexibility index (Phi) is 2.59. The van der Waals surface area contributed by atoms with Crippen molar-refractivity contribution in [1.82, 2.24) is 0 Å². The normalized spacial score (nSPS) is 13.9. The van der Waals surface area contributed by atoms with Crippen LogP contribution in [-0.2, 0) is 4.79 Å². The van der Waals surface area contributed by atoms with Crippen LogP contribution in [0, 0.1) is 5.92 Å². The molecule has 0 aromatic rings. The fraction of sp³-hybridized carbons (Fsp3) is 0.800. The van der Waals surface area contributed by atoms with Gasteiger partial charge in [0.05, 0.1) is 0 Å². The van der Waals surface area contributed by atoms with E-state index in [1.54, 1.807) is 0 Å². The molecule has 0 radical (unpaired) electrons. The van der Waals surface area contributed by atoms with Crippen molar-refractivity contribution in [2.45, 2.75) is 19.7 Å². The Labute approximate surface area is 50.9 Å². The maximum Gasteiger partial charge on any atom is 0.212 e. The maximum absolute atomic E-state index is 10.4. The molecule has 0 spiro atoms. The number of primary amides is 1. The minimum absolute atomic E-state index is 0.00926. The Morgan fingerprint density at radius 3 is 2.00 bits per heavy atom. The molecule has 0 saturated heterocycles. The van der Waals surface area contributed by atoms with Gasteiger partial charge >= 0.3 is 0 Å². The van der Waals surface area contributed by atoms with Crippen LogP contribution >= 0.6 is 0 Å². The molecule has 1 amide bonds. The molecule has 8 heavy (non-hydrogen) atoms. The highest BCUT2D eigenvalue weighted by molar-refractivity contribution is 6.23. The standard InChI is InChI=1S/C5H12BNO/c1-3(2)4(6)5(7)8/h3-4H,6H2,1-2H3,(H2,7,8). The smallest absolute Gasteiger partial charge is 0.212 e. The van der Waals surface area contributed by atoms with E-state index in [0.29, 0.717) is 5.92 Å². The summed E-state index contributed by atoms with van der Waals surface area (Å²) in [6, 6.07) is 0. The molecule has 0 saturated carbocycles. The van der Waals surface area contributed by atoms with Crippen LogP contribution in [0.1, 0.15) is 13.8 Å². The molecular weight excluding hydrogens is 101 g/mol. The lowest BCUT2D eigenvalue weighted by molar-refractivity contribution is -0.118. The van der Waals surface area contributed by atoms with Crippen molar-refractivity contribution in [3.63, 3.8) is 0 Å². The molecule has 3 heteroatoms. The molecule has 0 aromatic heterocycles. The van der Waals surface area contributed by atoms with E-state index in [1.165, 1.54) is 0 Å². The summed E-state index contributed by atoms with van der Waals surface area (Å²) < 4.78 is 0. The number of amides is 1. The van der Waals surface area contributed by atoms with Gasteiger partial charge in [0.2, 0.25) is 5.91 Å². The Hall–Kier alpha value is -0.465. The Morgan fingerprint density at radius 2 is 2.00 bits per heavy atom. The van der Waals surface area contributed by atoms with Gasteiger partial charge in [0, 0.05) is 5.82 Å². The SMILES string of the molecule is BC(C(N)=O)C(C)C. The molecule has 0 aromatic carbocycles. The number of hydrogen-bond donors (Lipinski definition) is 1. The zero-order chi connectivity index (χ0) is 6.73. The van der Waals surface area contributed by atoms with Crippen LogP contribution in [0.5, 0.6) is 0 Å². The van der Waals surface area contributed by atoms with E-state index in [-0.39, 0.29) is 11.7 Å². The summed E-state index contributed by atoms with van der Waals surface area (Å²) in [7, 11) is 1.84. The molecule has 0 bridgehead atoms. The van der Waals surface area contributed by atoms with E-state index in [4.69, 9.17) is 5.73 Å². The third-order valence-electron chi connectivity index (χ3n) is 1.45. The third kappa shape index (κ3) is 2.00. The summed E-state index contributed by atoms with van der Waals surface area (Å²) in [6.45, 7) is 3.96. The van der Waals surface area contributed by atoms with Gasteiger partial charge in [-0.05, 0) is 5.92 Å². The second kappa shape index (κ2) is 2.75. The van der Waals surface area contributed by atoms with E-state index in [1.807, 2.05) is 21.7 Å². The summed E-state index contributed by atoms with van der Waals surface area (Å²) in [5.41, 5.74) is 5.00. The first-order chi connectivity index (χ1) is 3.55. The first-order valence-electron chi connectivity index (χ1n) is 2.85. The van der Waals surface area contributed by atoms with E-state index in [9.17, 15) is 4.79 Å². The van der Waals surface area contributed by atoms with E-state index in [2.05, 4.69) is 0 Å². The fourth-order valence-corrected chi connectivity index (χ4v) is 0.329. The molecule has 0 aliphatic heterocycles. The summed E-state index contributed by atoms with van der Waals surface area (Å²) in [6.07, 6.45) is 0. The Morgan fingerprint density at radius 1 is 1.62 bits per heavy atom. The van der Waals surface area contributed by atoms with Gasteiger partial charge < -0.3 is 5.73 Å². The van der Waals surface area contributed by atoms with Crippen LogP contribution < -0.4 is 5.73 Å².